The van der Waals surface area contributed by atoms with Gasteiger partial charge in [-0.15, -0.1) is 0 Å². The number of hydrogen-bond acceptors (Lipinski definition) is 3. The maximum absolute atomic E-state index is 13.8. The number of rotatable bonds is 5. The summed E-state index contributed by atoms with van der Waals surface area (Å²) in [4.78, 5) is 12.3. The number of benzene rings is 2. The lowest BCUT2D eigenvalue weighted by atomic mass is 10.1. The van der Waals surface area contributed by atoms with Gasteiger partial charge in [0, 0.05) is 10.0 Å². The highest BCUT2D eigenvalue weighted by molar-refractivity contribution is 9.10. The Bertz CT molecular complexity index is 828. The van der Waals surface area contributed by atoms with Gasteiger partial charge in [-0.05, 0) is 43.3 Å². The first-order chi connectivity index (χ1) is 11.5. The molecule has 0 unspecified atom stereocenters. The molecule has 2 aromatic carbocycles. The lowest BCUT2D eigenvalue weighted by Crippen LogP contribution is -2.14. The van der Waals surface area contributed by atoms with Gasteiger partial charge in [0.15, 0.2) is 0 Å². The molecular weight excluding hydrogens is 375 g/mol. The molecule has 1 N–H and O–H groups in total. The third kappa shape index (κ3) is 4.43. The monoisotopic (exact) mass is 388 g/mol. The maximum atomic E-state index is 13.8. The van der Waals surface area contributed by atoms with E-state index in [4.69, 9.17) is 4.74 Å². The average molecular weight is 389 g/mol. The number of nitriles is 1. The largest absolute Gasteiger partial charge is 0.492 e. The molecular formula is C18H14BrFN2O2. The first-order valence-corrected chi connectivity index (χ1v) is 7.94. The fourth-order valence-corrected chi connectivity index (χ4v) is 2.35. The van der Waals surface area contributed by atoms with Crippen LogP contribution in [-0.4, -0.2) is 12.5 Å². The van der Waals surface area contributed by atoms with Gasteiger partial charge in [0.25, 0.3) is 5.91 Å². The predicted molar refractivity (Wildman–Crippen MR) is 93.9 cm³/mol. The molecule has 0 radical (unpaired) electrons. The lowest BCUT2D eigenvalue weighted by molar-refractivity contribution is -0.112. The molecule has 4 nitrogen and oxygen atoms in total. The van der Waals surface area contributed by atoms with Crippen molar-refractivity contribution in [1.82, 2.24) is 0 Å². The molecule has 0 fully saturated rings. The maximum Gasteiger partial charge on any atom is 0.266 e. The minimum absolute atomic E-state index is 0.147. The number of amides is 1. The Morgan fingerprint density at radius 1 is 1.38 bits per heavy atom. The van der Waals surface area contributed by atoms with E-state index >= 15 is 0 Å². The Hall–Kier alpha value is -2.65. The first kappa shape index (κ1) is 17.7. The number of ether oxygens (including phenoxy) is 1. The minimum atomic E-state index is -0.635. The van der Waals surface area contributed by atoms with Crippen LogP contribution in [-0.2, 0) is 4.79 Å². The molecule has 0 saturated heterocycles. The summed E-state index contributed by atoms with van der Waals surface area (Å²) < 4.78 is 19.9. The molecule has 0 heterocycles. The highest BCUT2D eigenvalue weighted by Crippen LogP contribution is 2.25. The second kappa shape index (κ2) is 8.27. The number of nitrogens with one attached hydrogen (secondary N) is 1. The molecule has 24 heavy (non-hydrogen) atoms. The van der Waals surface area contributed by atoms with E-state index in [0.717, 1.165) is 0 Å². The van der Waals surface area contributed by atoms with Gasteiger partial charge in [-0.1, -0.05) is 28.1 Å². The Labute approximate surface area is 147 Å². The number of anilines is 1. The van der Waals surface area contributed by atoms with E-state index in [1.807, 2.05) is 6.92 Å². The SMILES string of the molecule is CCOc1ccccc1NC(=O)/C(C#N)=C/c1cc(Br)ccc1F. The first-order valence-electron chi connectivity index (χ1n) is 7.15. The summed E-state index contributed by atoms with van der Waals surface area (Å²) in [5.41, 5.74) is 0.382. The van der Waals surface area contributed by atoms with Crippen LogP contribution in [0.1, 0.15) is 12.5 Å². The fraction of sp³-hybridized carbons (Fsp3) is 0.111. The standard InChI is InChI=1S/C18H14BrFN2O2/c1-2-24-17-6-4-3-5-16(17)22-18(23)13(11-21)9-12-10-14(19)7-8-15(12)20/h3-10H,2H2,1H3,(H,22,23)/b13-9+. The molecule has 2 rings (SSSR count). The Balaban J connectivity index is 2.29. The molecule has 0 aliphatic rings. The van der Waals surface area contributed by atoms with Gasteiger partial charge < -0.3 is 10.1 Å². The Morgan fingerprint density at radius 2 is 2.12 bits per heavy atom. The summed E-state index contributed by atoms with van der Waals surface area (Å²) in [5.74, 6) is -0.656. The zero-order valence-corrected chi connectivity index (χ0v) is 14.4. The van der Waals surface area contributed by atoms with Crippen LogP contribution in [0, 0.1) is 17.1 Å². The number of carbonyl (C=O) groups is 1. The van der Waals surface area contributed by atoms with E-state index in [1.165, 1.54) is 24.3 Å². The van der Waals surface area contributed by atoms with Crippen molar-refractivity contribution in [2.24, 2.45) is 0 Å². The van der Waals surface area contributed by atoms with E-state index in [-0.39, 0.29) is 11.1 Å². The van der Waals surface area contributed by atoms with E-state index in [9.17, 15) is 14.4 Å². The van der Waals surface area contributed by atoms with Crippen molar-refractivity contribution < 1.29 is 13.9 Å². The fourth-order valence-electron chi connectivity index (χ4n) is 1.97. The van der Waals surface area contributed by atoms with Crippen molar-refractivity contribution in [3.8, 4) is 11.8 Å². The van der Waals surface area contributed by atoms with Gasteiger partial charge in [0.05, 0.1) is 12.3 Å². The van der Waals surface area contributed by atoms with Crippen LogP contribution in [0.3, 0.4) is 0 Å². The van der Waals surface area contributed by atoms with Gasteiger partial charge in [-0.3, -0.25) is 4.79 Å². The molecule has 122 valence electrons. The van der Waals surface area contributed by atoms with Gasteiger partial charge in [0.2, 0.25) is 0 Å². The van der Waals surface area contributed by atoms with Crippen molar-refractivity contribution in [3.05, 3.63) is 63.9 Å². The van der Waals surface area contributed by atoms with Gasteiger partial charge >= 0.3 is 0 Å². The van der Waals surface area contributed by atoms with Crippen LogP contribution in [0.2, 0.25) is 0 Å². The Morgan fingerprint density at radius 3 is 2.83 bits per heavy atom. The Kier molecular flexibility index (Phi) is 6.10. The number of nitrogens with zero attached hydrogens (tertiary/aromatic N) is 1. The highest BCUT2D eigenvalue weighted by Gasteiger charge is 2.13. The van der Waals surface area contributed by atoms with Crippen molar-refractivity contribution in [2.45, 2.75) is 6.92 Å². The smallest absolute Gasteiger partial charge is 0.266 e. The van der Waals surface area contributed by atoms with E-state index in [0.29, 0.717) is 22.5 Å². The lowest BCUT2D eigenvalue weighted by Gasteiger charge is -2.10. The summed E-state index contributed by atoms with van der Waals surface area (Å²) in [7, 11) is 0. The molecule has 0 aliphatic heterocycles. The average Bonchev–Trinajstić information content (AvgIpc) is 2.57. The number of halogens is 2. The molecule has 0 bridgehead atoms. The van der Waals surface area contributed by atoms with E-state index < -0.39 is 11.7 Å². The third-order valence-corrected chi connectivity index (χ3v) is 3.55. The minimum Gasteiger partial charge on any atom is -0.492 e. The van der Waals surface area contributed by atoms with Gasteiger partial charge in [-0.2, -0.15) is 5.26 Å². The van der Waals surface area contributed by atoms with Crippen LogP contribution >= 0.6 is 15.9 Å². The summed E-state index contributed by atoms with van der Waals surface area (Å²) in [6, 6.07) is 13.0. The molecule has 0 aromatic heterocycles. The quantitative estimate of drug-likeness (QED) is 0.604. The molecule has 0 aliphatic carbocycles. The second-order valence-corrected chi connectivity index (χ2v) is 5.63. The number of para-hydroxylation sites is 2. The topological polar surface area (TPSA) is 62.1 Å². The normalized spacial score (nSPS) is 10.8. The second-order valence-electron chi connectivity index (χ2n) is 4.72. The molecule has 6 heteroatoms. The summed E-state index contributed by atoms with van der Waals surface area (Å²) in [5, 5.41) is 11.8. The van der Waals surface area contributed by atoms with Crippen molar-refractivity contribution >= 4 is 33.6 Å². The predicted octanol–water partition coefficient (Wildman–Crippen LogP) is 4.53. The molecule has 0 saturated carbocycles. The van der Waals surface area contributed by atoms with Crippen molar-refractivity contribution in [1.29, 1.82) is 5.26 Å². The van der Waals surface area contributed by atoms with Crippen LogP contribution in [0.25, 0.3) is 6.08 Å². The van der Waals surface area contributed by atoms with Crippen molar-refractivity contribution in [2.75, 3.05) is 11.9 Å². The van der Waals surface area contributed by atoms with E-state index in [2.05, 4.69) is 21.2 Å². The molecule has 0 atom stereocenters. The summed E-state index contributed by atoms with van der Waals surface area (Å²) in [6.07, 6.45) is 1.21. The third-order valence-electron chi connectivity index (χ3n) is 3.06. The molecule has 1 amide bonds. The van der Waals surface area contributed by atoms with Crippen LogP contribution < -0.4 is 10.1 Å². The molecule has 2 aromatic rings. The number of hydrogen-bond donors (Lipinski definition) is 1. The number of carbonyl (C=O) groups excluding carboxylic acids is 1. The van der Waals surface area contributed by atoms with Gasteiger partial charge in [-0.25, -0.2) is 4.39 Å². The summed E-state index contributed by atoms with van der Waals surface area (Å²) in [6.45, 7) is 2.27. The van der Waals surface area contributed by atoms with Crippen molar-refractivity contribution in [3.63, 3.8) is 0 Å². The van der Waals surface area contributed by atoms with Gasteiger partial charge in [0.1, 0.15) is 23.2 Å². The van der Waals surface area contributed by atoms with Crippen LogP contribution in [0.4, 0.5) is 10.1 Å². The van der Waals surface area contributed by atoms with Crippen LogP contribution in [0.15, 0.2) is 52.5 Å². The molecule has 0 spiro atoms. The zero-order valence-electron chi connectivity index (χ0n) is 12.8. The zero-order chi connectivity index (χ0) is 17.5. The van der Waals surface area contributed by atoms with Crippen LogP contribution in [0.5, 0.6) is 5.75 Å². The highest BCUT2D eigenvalue weighted by atomic mass is 79.9. The van der Waals surface area contributed by atoms with E-state index in [1.54, 1.807) is 30.3 Å². The summed E-state index contributed by atoms with van der Waals surface area (Å²) >= 11 is 3.23.